The summed E-state index contributed by atoms with van der Waals surface area (Å²) in [5, 5.41) is 9.90. The summed E-state index contributed by atoms with van der Waals surface area (Å²) in [6.45, 7) is 2.99. The van der Waals surface area contributed by atoms with Crippen LogP contribution in [0.5, 0.6) is 11.5 Å². The smallest absolute Gasteiger partial charge is 0.315 e. The van der Waals surface area contributed by atoms with E-state index in [1.807, 2.05) is 49.4 Å². The molecule has 8 heteroatoms. The first kappa shape index (κ1) is 20.2. The molecule has 2 amide bonds. The predicted molar refractivity (Wildman–Crippen MR) is 109 cm³/mol. The van der Waals surface area contributed by atoms with Crippen molar-refractivity contribution in [2.24, 2.45) is 0 Å². The Morgan fingerprint density at radius 2 is 1.86 bits per heavy atom. The van der Waals surface area contributed by atoms with Crippen molar-refractivity contribution in [1.82, 2.24) is 25.4 Å². The van der Waals surface area contributed by atoms with Gasteiger partial charge in [-0.2, -0.15) is 5.10 Å². The number of carbonyl (C=O) groups excluding carboxylic acids is 1. The van der Waals surface area contributed by atoms with Gasteiger partial charge in [0, 0.05) is 12.1 Å². The van der Waals surface area contributed by atoms with Crippen molar-refractivity contribution in [3.05, 3.63) is 71.8 Å². The topological polar surface area (TPSA) is 90.3 Å². The summed E-state index contributed by atoms with van der Waals surface area (Å²) in [7, 11) is 3.21. The lowest BCUT2D eigenvalue weighted by atomic mass is 10.1. The Labute approximate surface area is 169 Å². The number of amides is 2. The summed E-state index contributed by atoms with van der Waals surface area (Å²) in [6.07, 6.45) is 3.19. The van der Waals surface area contributed by atoms with Gasteiger partial charge in [0.1, 0.15) is 24.2 Å². The van der Waals surface area contributed by atoms with Gasteiger partial charge in [0.2, 0.25) is 0 Å². The van der Waals surface area contributed by atoms with E-state index >= 15 is 0 Å². The number of hydrogen-bond donors (Lipinski definition) is 2. The molecular weight excluding hydrogens is 370 g/mol. The van der Waals surface area contributed by atoms with E-state index in [-0.39, 0.29) is 12.1 Å². The molecule has 29 heavy (non-hydrogen) atoms. The van der Waals surface area contributed by atoms with E-state index < -0.39 is 0 Å². The predicted octanol–water partition coefficient (Wildman–Crippen LogP) is 2.90. The van der Waals surface area contributed by atoms with Crippen LogP contribution in [0.15, 0.2) is 55.1 Å². The third kappa shape index (κ3) is 5.47. The van der Waals surface area contributed by atoms with Crippen LogP contribution in [0.1, 0.15) is 29.7 Å². The van der Waals surface area contributed by atoms with Crippen LogP contribution in [-0.2, 0) is 13.1 Å². The number of hydrogen-bond acceptors (Lipinski definition) is 5. The molecule has 1 unspecified atom stereocenters. The second-order valence-corrected chi connectivity index (χ2v) is 6.57. The maximum absolute atomic E-state index is 12.3. The lowest BCUT2D eigenvalue weighted by Gasteiger charge is -2.18. The molecule has 8 nitrogen and oxygen atoms in total. The highest BCUT2D eigenvalue weighted by atomic mass is 16.5. The number of carbonyl (C=O) groups is 1. The molecule has 2 aromatic carbocycles. The average molecular weight is 395 g/mol. The zero-order valence-electron chi connectivity index (χ0n) is 16.8. The maximum Gasteiger partial charge on any atom is 0.315 e. The highest BCUT2D eigenvalue weighted by Gasteiger charge is 2.15. The van der Waals surface area contributed by atoms with Gasteiger partial charge >= 0.3 is 6.03 Å². The molecule has 2 N–H and O–H groups in total. The van der Waals surface area contributed by atoms with Crippen molar-refractivity contribution in [2.45, 2.75) is 26.1 Å². The van der Waals surface area contributed by atoms with Crippen LogP contribution in [0.3, 0.4) is 0 Å². The minimum absolute atomic E-state index is 0.245. The first-order chi connectivity index (χ1) is 14.1. The second kappa shape index (κ2) is 9.59. The molecular formula is C21H25N5O3. The van der Waals surface area contributed by atoms with Crippen molar-refractivity contribution < 1.29 is 14.3 Å². The van der Waals surface area contributed by atoms with Gasteiger partial charge < -0.3 is 20.1 Å². The van der Waals surface area contributed by atoms with E-state index in [2.05, 4.69) is 20.7 Å². The fourth-order valence-corrected chi connectivity index (χ4v) is 2.95. The molecule has 0 spiro atoms. The lowest BCUT2D eigenvalue weighted by Crippen LogP contribution is -2.36. The molecule has 0 fully saturated rings. The largest absolute Gasteiger partial charge is 0.497 e. The van der Waals surface area contributed by atoms with Gasteiger partial charge in [0.05, 0.1) is 26.8 Å². The Balaban J connectivity index is 1.53. The van der Waals surface area contributed by atoms with Gasteiger partial charge in [-0.05, 0) is 36.2 Å². The molecule has 0 saturated heterocycles. The molecule has 0 saturated carbocycles. The summed E-state index contributed by atoms with van der Waals surface area (Å²) in [4.78, 5) is 16.3. The van der Waals surface area contributed by atoms with Crippen molar-refractivity contribution in [2.75, 3.05) is 14.2 Å². The Morgan fingerprint density at radius 1 is 1.10 bits per heavy atom. The number of nitrogens with zero attached hydrogens (tertiary/aromatic N) is 3. The highest BCUT2D eigenvalue weighted by Crippen LogP contribution is 2.29. The summed E-state index contributed by atoms with van der Waals surface area (Å²) in [5.41, 5.74) is 2.97. The van der Waals surface area contributed by atoms with Crippen molar-refractivity contribution in [3.8, 4) is 11.5 Å². The number of benzene rings is 2. The third-order valence-electron chi connectivity index (χ3n) is 4.54. The number of methoxy groups -OCH3 is 2. The minimum atomic E-state index is -0.255. The van der Waals surface area contributed by atoms with Gasteiger partial charge in [-0.25, -0.2) is 14.5 Å². The van der Waals surface area contributed by atoms with Crippen LogP contribution in [0.25, 0.3) is 0 Å². The molecule has 0 aliphatic carbocycles. The van der Waals surface area contributed by atoms with Gasteiger partial charge in [-0.1, -0.05) is 24.3 Å². The SMILES string of the molecule is COc1ccc(OC)c(C(C)NC(=O)NCc2ccc(Cn3cncn3)cc2)c1. The fraction of sp³-hybridized carbons (Fsp3) is 0.286. The first-order valence-corrected chi connectivity index (χ1v) is 9.25. The minimum Gasteiger partial charge on any atom is -0.497 e. The molecule has 0 aliphatic heterocycles. The van der Waals surface area contributed by atoms with E-state index in [0.717, 1.165) is 16.7 Å². The van der Waals surface area contributed by atoms with Gasteiger partial charge in [-0.3, -0.25) is 0 Å². The molecule has 3 rings (SSSR count). The molecule has 1 heterocycles. The normalized spacial score (nSPS) is 11.6. The van der Waals surface area contributed by atoms with Crippen molar-refractivity contribution in [1.29, 1.82) is 0 Å². The molecule has 1 aromatic heterocycles. The maximum atomic E-state index is 12.3. The third-order valence-corrected chi connectivity index (χ3v) is 4.54. The zero-order chi connectivity index (χ0) is 20.6. The number of aromatic nitrogens is 3. The van der Waals surface area contributed by atoms with Gasteiger partial charge in [0.25, 0.3) is 0 Å². The molecule has 1 atom stereocenters. The monoisotopic (exact) mass is 395 g/mol. The number of urea groups is 1. The molecule has 0 aliphatic rings. The van der Waals surface area contributed by atoms with E-state index in [9.17, 15) is 4.79 Å². The molecule has 3 aromatic rings. The Hall–Kier alpha value is -3.55. The summed E-state index contributed by atoms with van der Waals surface area (Å²) in [6, 6.07) is 13.0. The van der Waals surface area contributed by atoms with Gasteiger partial charge in [-0.15, -0.1) is 0 Å². The van der Waals surface area contributed by atoms with Crippen molar-refractivity contribution in [3.63, 3.8) is 0 Å². The standard InChI is InChI=1S/C21H25N5O3/c1-15(19-10-18(28-2)8-9-20(19)29-3)25-21(27)23-11-16-4-6-17(7-5-16)12-26-14-22-13-24-26/h4-10,13-15H,11-12H2,1-3H3,(H2,23,25,27). The zero-order valence-corrected chi connectivity index (χ0v) is 16.8. The molecule has 152 valence electrons. The van der Waals surface area contributed by atoms with Crippen LogP contribution in [0, 0.1) is 0 Å². The number of ether oxygens (including phenoxy) is 2. The Bertz CT molecular complexity index is 926. The summed E-state index contributed by atoms with van der Waals surface area (Å²) >= 11 is 0. The van der Waals surface area contributed by atoms with Crippen LogP contribution in [-0.4, -0.2) is 35.0 Å². The molecule has 0 radical (unpaired) electrons. The number of nitrogens with one attached hydrogen (secondary N) is 2. The lowest BCUT2D eigenvalue weighted by molar-refractivity contribution is 0.237. The van der Waals surface area contributed by atoms with E-state index in [0.29, 0.717) is 24.6 Å². The van der Waals surface area contributed by atoms with Crippen LogP contribution < -0.4 is 20.1 Å². The van der Waals surface area contributed by atoms with E-state index in [1.165, 1.54) is 6.33 Å². The second-order valence-electron chi connectivity index (χ2n) is 6.57. The Kier molecular flexibility index (Phi) is 6.67. The summed E-state index contributed by atoms with van der Waals surface area (Å²) < 4.78 is 12.4. The van der Waals surface area contributed by atoms with E-state index in [1.54, 1.807) is 25.2 Å². The number of rotatable bonds is 8. The van der Waals surface area contributed by atoms with Crippen LogP contribution >= 0.6 is 0 Å². The van der Waals surface area contributed by atoms with Crippen LogP contribution in [0.4, 0.5) is 4.79 Å². The average Bonchev–Trinajstić information content (AvgIpc) is 3.25. The Morgan fingerprint density at radius 3 is 2.52 bits per heavy atom. The highest BCUT2D eigenvalue weighted by molar-refractivity contribution is 5.74. The van der Waals surface area contributed by atoms with Crippen molar-refractivity contribution >= 4 is 6.03 Å². The van der Waals surface area contributed by atoms with Crippen LogP contribution in [0.2, 0.25) is 0 Å². The fourth-order valence-electron chi connectivity index (χ4n) is 2.95. The first-order valence-electron chi connectivity index (χ1n) is 9.25. The molecule has 0 bridgehead atoms. The van der Waals surface area contributed by atoms with Gasteiger partial charge in [0.15, 0.2) is 0 Å². The van der Waals surface area contributed by atoms with E-state index in [4.69, 9.17) is 9.47 Å². The summed E-state index contributed by atoms with van der Waals surface area (Å²) in [5.74, 6) is 1.41. The quantitative estimate of drug-likeness (QED) is 0.612.